The highest BCUT2D eigenvalue weighted by Crippen LogP contribution is 2.10. The lowest BCUT2D eigenvalue weighted by atomic mass is 10.2. The standard InChI is InChI=1S/C10H13NO4/c1-3-14-9(12)7-5-8(11-6-7)10(13)15-4-2/h5-6,8H,3-4H2,1-2H3/t8-/m0/s1. The van der Waals surface area contributed by atoms with Gasteiger partial charge in [-0.25, -0.2) is 9.59 Å². The van der Waals surface area contributed by atoms with Crippen molar-refractivity contribution in [2.24, 2.45) is 4.99 Å². The minimum Gasteiger partial charge on any atom is -0.464 e. The first kappa shape index (κ1) is 11.4. The highest BCUT2D eigenvalue weighted by Gasteiger charge is 2.23. The molecule has 1 rings (SSSR count). The van der Waals surface area contributed by atoms with Crippen molar-refractivity contribution in [2.75, 3.05) is 13.2 Å². The second-order valence-corrected chi connectivity index (χ2v) is 2.82. The molecule has 82 valence electrons. The molecule has 1 aliphatic rings. The van der Waals surface area contributed by atoms with Crippen molar-refractivity contribution in [3.8, 4) is 0 Å². The summed E-state index contributed by atoms with van der Waals surface area (Å²) in [6, 6.07) is -0.704. The third-order valence-electron chi connectivity index (χ3n) is 1.75. The Kier molecular flexibility index (Phi) is 4.03. The molecular weight excluding hydrogens is 198 g/mol. The van der Waals surface area contributed by atoms with Crippen molar-refractivity contribution < 1.29 is 19.1 Å². The summed E-state index contributed by atoms with van der Waals surface area (Å²) in [6.07, 6.45) is 2.77. The van der Waals surface area contributed by atoms with Gasteiger partial charge in [0.1, 0.15) is 0 Å². The Balaban J connectivity index is 2.59. The van der Waals surface area contributed by atoms with Crippen LogP contribution in [0.25, 0.3) is 0 Å². The van der Waals surface area contributed by atoms with Crippen LogP contribution in [-0.4, -0.2) is 37.4 Å². The zero-order valence-corrected chi connectivity index (χ0v) is 8.73. The van der Waals surface area contributed by atoms with Crippen molar-refractivity contribution in [2.45, 2.75) is 19.9 Å². The molecule has 0 aromatic rings. The van der Waals surface area contributed by atoms with E-state index in [1.54, 1.807) is 13.8 Å². The molecule has 1 atom stereocenters. The predicted octanol–water partition coefficient (Wildman–Crippen LogP) is 0.492. The summed E-state index contributed by atoms with van der Waals surface area (Å²) in [5.41, 5.74) is 0.301. The number of carbonyl (C=O) groups is 2. The second kappa shape index (κ2) is 5.29. The van der Waals surface area contributed by atoms with Crippen LogP contribution >= 0.6 is 0 Å². The van der Waals surface area contributed by atoms with Crippen LogP contribution in [0.15, 0.2) is 16.6 Å². The van der Waals surface area contributed by atoms with Gasteiger partial charge in [-0.05, 0) is 19.9 Å². The van der Waals surface area contributed by atoms with Crippen molar-refractivity contribution >= 4 is 18.2 Å². The molecule has 5 heteroatoms. The molecule has 0 saturated heterocycles. The van der Waals surface area contributed by atoms with E-state index in [2.05, 4.69) is 4.99 Å². The maximum absolute atomic E-state index is 11.2. The molecule has 0 spiro atoms. The molecule has 0 unspecified atom stereocenters. The molecule has 0 aromatic carbocycles. The van der Waals surface area contributed by atoms with E-state index in [-0.39, 0.29) is 0 Å². The number of hydrogen-bond donors (Lipinski definition) is 0. The van der Waals surface area contributed by atoms with Gasteiger partial charge in [-0.3, -0.25) is 4.99 Å². The lowest BCUT2D eigenvalue weighted by molar-refractivity contribution is -0.143. The highest BCUT2D eigenvalue weighted by atomic mass is 16.5. The number of hydrogen-bond acceptors (Lipinski definition) is 5. The highest BCUT2D eigenvalue weighted by molar-refractivity contribution is 6.12. The minimum atomic E-state index is -0.704. The zero-order valence-electron chi connectivity index (χ0n) is 8.73. The minimum absolute atomic E-state index is 0.299. The largest absolute Gasteiger partial charge is 0.464 e. The summed E-state index contributed by atoms with van der Waals surface area (Å²) < 4.78 is 9.53. The van der Waals surface area contributed by atoms with Gasteiger partial charge < -0.3 is 9.47 Å². The topological polar surface area (TPSA) is 65.0 Å². The Hall–Kier alpha value is -1.65. The molecule has 0 radical (unpaired) electrons. The van der Waals surface area contributed by atoms with Gasteiger partial charge in [0.05, 0.1) is 18.8 Å². The maximum Gasteiger partial charge on any atom is 0.339 e. The Labute approximate surface area is 87.8 Å². The lowest BCUT2D eigenvalue weighted by Crippen LogP contribution is -2.18. The van der Waals surface area contributed by atoms with Crippen molar-refractivity contribution in [3.63, 3.8) is 0 Å². The monoisotopic (exact) mass is 211 g/mol. The summed E-state index contributed by atoms with van der Waals surface area (Å²) in [7, 11) is 0. The lowest BCUT2D eigenvalue weighted by Gasteiger charge is -2.03. The molecule has 15 heavy (non-hydrogen) atoms. The molecule has 0 fully saturated rings. The summed E-state index contributed by atoms with van der Waals surface area (Å²) in [6.45, 7) is 4.03. The Morgan fingerprint density at radius 1 is 1.33 bits per heavy atom. The molecule has 1 aliphatic heterocycles. The Morgan fingerprint density at radius 3 is 2.60 bits per heavy atom. The Morgan fingerprint density at radius 2 is 2.00 bits per heavy atom. The van der Waals surface area contributed by atoms with Crippen LogP contribution in [0.5, 0.6) is 0 Å². The average molecular weight is 211 g/mol. The van der Waals surface area contributed by atoms with Crippen LogP contribution in [0.2, 0.25) is 0 Å². The first-order valence-electron chi connectivity index (χ1n) is 4.77. The van der Waals surface area contributed by atoms with E-state index in [9.17, 15) is 9.59 Å². The van der Waals surface area contributed by atoms with Gasteiger partial charge in [0.15, 0.2) is 6.04 Å². The van der Waals surface area contributed by atoms with E-state index in [1.165, 1.54) is 12.3 Å². The van der Waals surface area contributed by atoms with E-state index in [0.29, 0.717) is 18.8 Å². The second-order valence-electron chi connectivity index (χ2n) is 2.82. The van der Waals surface area contributed by atoms with Gasteiger partial charge in [-0.15, -0.1) is 0 Å². The fourth-order valence-corrected chi connectivity index (χ4v) is 1.11. The normalized spacial score (nSPS) is 18.5. The first-order valence-corrected chi connectivity index (χ1v) is 4.77. The fourth-order valence-electron chi connectivity index (χ4n) is 1.11. The molecule has 0 N–H and O–H groups in total. The van der Waals surface area contributed by atoms with Gasteiger partial charge in [0.25, 0.3) is 0 Å². The van der Waals surface area contributed by atoms with Crippen LogP contribution in [0.4, 0.5) is 0 Å². The molecule has 1 heterocycles. The number of nitrogens with zero attached hydrogens (tertiary/aromatic N) is 1. The van der Waals surface area contributed by atoms with Crippen LogP contribution in [0.1, 0.15) is 13.8 Å². The van der Waals surface area contributed by atoms with Crippen LogP contribution in [-0.2, 0) is 19.1 Å². The van der Waals surface area contributed by atoms with Crippen molar-refractivity contribution in [3.05, 3.63) is 11.6 Å². The number of rotatable bonds is 4. The molecule has 0 aromatic heterocycles. The fraction of sp³-hybridized carbons (Fsp3) is 0.500. The summed E-state index contributed by atoms with van der Waals surface area (Å²) >= 11 is 0. The molecule has 5 nitrogen and oxygen atoms in total. The average Bonchev–Trinajstić information content (AvgIpc) is 2.67. The zero-order chi connectivity index (χ0) is 11.3. The number of ether oxygens (including phenoxy) is 2. The van der Waals surface area contributed by atoms with Crippen molar-refractivity contribution in [1.29, 1.82) is 0 Å². The van der Waals surface area contributed by atoms with E-state index < -0.39 is 18.0 Å². The molecule has 0 aliphatic carbocycles. The SMILES string of the molecule is CCOC(=O)C1=C[C@@H](C(=O)OCC)N=C1. The van der Waals surface area contributed by atoms with Crippen LogP contribution < -0.4 is 0 Å². The Bertz CT molecular complexity index is 319. The van der Waals surface area contributed by atoms with Gasteiger partial charge in [-0.1, -0.05) is 0 Å². The predicted molar refractivity (Wildman–Crippen MR) is 53.6 cm³/mol. The van der Waals surface area contributed by atoms with E-state index >= 15 is 0 Å². The van der Waals surface area contributed by atoms with E-state index in [1.807, 2.05) is 0 Å². The van der Waals surface area contributed by atoms with Gasteiger partial charge in [0, 0.05) is 6.21 Å². The summed E-state index contributed by atoms with van der Waals surface area (Å²) in [5.74, 6) is -0.916. The third-order valence-corrected chi connectivity index (χ3v) is 1.75. The summed E-state index contributed by atoms with van der Waals surface area (Å²) in [5, 5.41) is 0. The quantitative estimate of drug-likeness (QED) is 0.635. The molecule has 0 amide bonds. The smallest absolute Gasteiger partial charge is 0.339 e. The number of esters is 2. The first-order chi connectivity index (χ1) is 7.19. The number of carbonyl (C=O) groups excluding carboxylic acids is 2. The van der Waals surface area contributed by atoms with E-state index in [4.69, 9.17) is 9.47 Å². The van der Waals surface area contributed by atoms with Crippen molar-refractivity contribution in [1.82, 2.24) is 0 Å². The molecular formula is C10H13NO4. The van der Waals surface area contributed by atoms with Gasteiger partial charge in [0.2, 0.25) is 0 Å². The third kappa shape index (κ3) is 2.90. The van der Waals surface area contributed by atoms with Gasteiger partial charge in [-0.2, -0.15) is 0 Å². The van der Waals surface area contributed by atoms with E-state index in [0.717, 1.165) is 0 Å². The molecule has 0 bridgehead atoms. The molecule has 0 saturated carbocycles. The van der Waals surface area contributed by atoms with Gasteiger partial charge >= 0.3 is 11.9 Å². The summed E-state index contributed by atoms with van der Waals surface area (Å²) in [4.78, 5) is 26.3. The maximum atomic E-state index is 11.2. The number of aliphatic imine (C=N–C) groups is 1. The van der Waals surface area contributed by atoms with Crippen LogP contribution in [0, 0.1) is 0 Å². The van der Waals surface area contributed by atoms with Crippen LogP contribution in [0.3, 0.4) is 0 Å².